The van der Waals surface area contributed by atoms with Gasteiger partial charge in [0, 0.05) is 22.5 Å². The Bertz CT molecular complexity index is 106. The van der Waals surface area contributed by atoms with Crippen LogP contribution in [0.1, 0.15) is 0 Å². The number of hydrogen-bond donors (Lipinski definition) is 0. The average Bonchev–Trinajstić information content (AvgIpc) is 1.27. The highest BCUT2D eigenvalue weighted by Gasteiger charge is 1.82. The van der Waals surface area contributed by atoms with Crippen LogP contribution in [0.2, 0.25) is 0 Å². The van der Waals surface area contributed by atoms with Gasteiger partial charge in [-0.2, -0.15) is 0 Å². The summed E-state index contributed by atoms with van der Waals surface area (Å²) in [6.07, 6.45) is 1.49. The monoisotopic (exact) mass is 158 g/mol. The van der Waals surface area contributed by atoms with E-state index in [1.807, 2.05) is 0 Å². The molecule has 0 aliphatic rings. The Morgan fingerprint density at radius 3 is 2.14 bits per heavy atom. The maximum absolute atomic E-state index is 10.1. The van der Waals surface area contributed by atoms with Crippen LogP contribution in [0.15, 0.2) is 9.90 Å². The topological polar surface area (TPSA) is 17.1 Å². The quantitative estimate of drug-likeness (QED) is 0.568. The Kier molecular flexibility index (Phi) is 3.70. The minimum Gasteiger partial charge on any atom is -0.255 e. The molecule has 0 radical (unpaired) electrons. The summed E-state index contributed by atoms with van der Waals surface area (Å²) in [6.45, 7) is 0. The molecular weight excluding hydrogens is 155 g/mol. The smallest absolute Gasteiger partial charge is 0.115 e. The van der Waals surface area contributed by atoms with Gasteiger partial charge in [-0.15, -0.1) is 0 Å². The van der Waals surface area contributed by atoms with Crippen LogP contribution in [0.5, 0.6) is 0 Å². The van der Waals surface area contributed by atoms with Crippen molar-refractivity contribution < 1.29 is 4.21 Å². The summed E-state index contributed by atoms with van der Waals surface area (Å²) in [6, 6.07) is 0. The fourth-order valence-corrected chi connectivity index (χ4v) is 1.13. The van der Waals surface area contributed by atoms with Crippen LogP contribution in [-0.2, 0) is 10.8 Å². The van der Waals surface area contributed by atoms with E-state index < -0.39 is 10.8 Å². The third kappa shape index (κ3) is 6.47. The molecule has 0 aromatic carbocycles. The average molecular weight is 159 g/mol. The van der Waals surface area contributed by atoms with Gasteiger partial charge in [-0.05, 0) is 0 Å². The van der Waals surface area contributed by atoms with Crippen molar-refractivity contribution in [2.75, 3.05) is 6.26 Å². The zero-order chi connectivity index (χ0) is 5.86. The lowest BCUT2D eigenvalue weighted by atomic mass is 11.2. The van der Waals surface area contributed by atoms with Crippen molar-refractivity contribution in [2.45, 2.75) is 0 Å². The lowest BCUT2D eigenvalue weighted by molar-refractivity contribution is 0.691. The molecule has 0 saturated carbocycles. The minimum absolute atomic E-state index is 0.0563. The first-order valence-electron chi connectivity index (χ1n) is 1.48. The molecule has 1 nitrogen and oxygen atoms in total. The summed E-state index contributed by atoms with van der Waals surface area (Å²) in [5, 5.41) is 1.25. The van der Waals surface area contributed by atoms with Crippen molar-refractivity contribution >= 4 is 34.0 Å². The molecule has 0 heterocycles. The van der Waals surface area contributed by atoms with Gasteiger partial charge < -0.3 is 0 Å². The predicted molar refractivity (Wildman–Crippen MR) is 33.9 cm³/mol. The van der Waals surface area contributed by atoms with Gasteiger partial charge in [-0.3, -0.25) is 4.21 Å². The summed E-state index contributed by atoms with van der Waals surface area (Å²) in [4.78, 5) is 0. The highest BCUT2D eigenvalue weighted by molar-refractivity contribution is 7.87. The Morgan fingerprint density at radius 2 is 2.14 bits per heavy atom. The fourth-order valence-electron chi connectivity index (χ4n) is 0.125. The first kappa shape index (κ1) is 7.47. The van der Waals surface area contributed by atoms with Crippen LogP contribution in [0, 0.1) is 0 Å². The van der Waals surface area contributed by atoms with E-state index in [-0.39, 0.29) is 4.49 Å². The van der Waals surface area contributed by atoms with E-state index in [0.29, 0.717) is 0 Å². The summed E-state index contributed by atoms with van der Waals surface area (Å²) < 4.78 is 10.2. The Labute approximate surface area is 54.8 Å². The van der Waals surface area contributed by atoms with Gasteiger partial charge in [0.25, 0.3) is 0 Å². The normalized spacial score (nSPS) is 13.0. The SMILES string of the molecule is CS(=O)C=C(Cl)Cl. The molecule has 0 fully saturated rings. The van der Waals surface area contributed by atoms with Crippen molar-refractivity contribution in [3.05, 3.63) is 9.90 Å². The fraction of sp³-hybridized carbons (Fsp3) is 0.333. The molecule has 0 bridgehead atoms. The number of hydrogen-bond acceptors (Lipinski definition) is 1. The second kappa shape index (κ2) is 3.47. The van der Waals surface area contributed by atoms with Crippen molar-refractivity contribution in [3.63, 3.8) is 0 Å². The van der Waals surface area contributed by atoms with E-state index in [9.17, 15) is 4.21 Å². The Morgan fingerprint density at radius 1 is 1.71 bits per heavy atom. The van der Waals surface area contributed by atoms with E-state index in [1.165, 1.54) is 11.7 Å². The van der Waals surface area contributed by atoms with Crippen molar-refractivity contribution in [1.29, 1.82) is 0 Å². The van der Waals surface area contributed by atoms with Crippen molar-refractivity contribution in [1.82, 2.24) is 0 Å². The van der Waals surface area contributed by atoms with Gasteiger partial charge in [0.15, 0.2) is 0 Å². The maximum Gasteiger partial charge on any atom is 0.115 e. The number of halogens is 2. The van der Waals surface area contributed by atoms with E-state index in [1.54, 1.807) is 0 Å². The zero-order valence-corrected chi connectivity index (χ0v) is 5.98. The van der Waals surface area contributed by atoms with Gasteiger partial charge in [0.05, 0.1) is 0 Å². The van der Waals surface area contributed by atoms with Crippen LogP contribution < -0.4 is 0 Å². The molecule has 0 amide bonds. The molecule has 4 heteroatoms. The van der Waals surface area contributed by atoms with Gasteiger partial charge in [-0.25, -0.2) is 0 Å². The Hall–Kier alpha value is 0.470. The minimum atomic E-state index is -1.02. The summed E-state index contributed by atoms with van der Waals surface area (Å²) >= 11 is 10.2. The third-order valence-electron chi connectivity index (χ3n) is 0.255. The summed E-state index contributed by atoms with van der Waals surface area (Å²) in [7, 11) is -1.02. The molecular formula is C3H4Cl2OS. The van der Waals surface area contributed by atoms with Gasteiger partial charge in [0.2, 0.25) is 0 Å². The first-order valence-corrected chi connectivity index (χ1v) is 3.85. The molecule has 0 aromatic rings. The lowest BCUT2D eigenvalue weighted by Crippen LogP contribution is -1.73. The largest absolute Gasteiger partial charge is 0.255 e. The summed E-state index contributed by atoms with van der Waals surface area (Å²) in [5.41, 5.74) is 0. The first-order chi connectivity index (χ1) is 3.13. The van der Waals surface area contributed by atoms with Gasteiger partial charge >= 0.3 is 0 Å². The van der Waals surface area contributed by atoms with E-state index in [2.05, 4.69) is 0 Å². The van der Waals surface area contributed by atoms with Crippen molar-refractivity contribution in [2.24, 2.45) is 0 Å². The predicted octanol–water partition coefficient (Wildman–Crippen LogP) is 1.64. The molecule has 0 spiro atoms. The van der Waals surface area contributed by atoms with Crippen LogP contribution >= 0.6 is 23.2 Å². The maximum atomic E-state index is 10.1. The van der Waals surface area contributed by atoms with Crippen LogP contribution in [0.25, 0.3) is 0 Å². The molecule has 7 heavy (non-hydrogen) atoms. The molecule has 1 atom stereocenters. The molecule has 0 N–H and O–H groups in total. The van der Waals surface area contributed by atoms with Crippen LogP contribution in [0.4, 0.5) is 0 Å². The van der Waals surface area contributed by atoms with Crippen molar-refractivity contribution in [3.8, 4) is 0 Å². The third-order valence-corrected chi connectivity index (χ3v) is 1.30. The Balaban J connectivity index is 3.68. The van der Waals surface area contributed by atoms with Crippen LogP contribution in [0.3, 0.4) is 0 Å². The van der Waals surface area contributed by atoms with Gasteiger partial charge in [0.1, 0.15) is 4.49 Å². The van der Waals surface area contributed by atoms with E-state index in [4.69, 9.17) is 23.2 Å². The summed E-state index contributed by atoms with van der Waals surface area (Å²) in [5.74, 6) is 0. The standard InChI is InChI=1S/C3H4Cl2OS/c1-7(6)2-3(4)5/h2H,1H3. The molecule has 0 aliphatic carbocycles. The van der Waals surface area contributed by atoms with Crippen LogP contribution in [-0.4, -0.2) is 10.5 Å². The molecule has 0 rings (SSSR count). The highest BCUT2D eigenvalue weighted by atomic mass is 35.5. The lowest BCUT2D eigenvalue weighted by Gasteiger charge is -1.77. The second-order valence-electron chi connectivity index (χ2n) is 0.906. The molecule has 1 unspecified atom stereocenters. The zero-order valence-electron chi connectivity index (χ0n) is 3.65. The molecule has 0 aliphatic heterocycles. The number of rotatable bonds is 1. The van der Waals surface area contributed by atoms with E-state index in [0.717, 1.165) is 0 Å². The molecule has 0 saturated heterocycles. The van der Waals surface area contributed by atoms with E-state index >= 15 is 0 Å². The molecule has 42 valence electrons. The van der Waals surface area contributed by atoms with Gasteiger partial charge in [-0.1, -0.05) is 23.2 Å². The highest BCUT2D eigenvalue weighted by Crippen LogP contribution is 2.05. The second-order valence-corrected chi connectivity index (χ2v) is 3.15. The molecule has 0 aromatic heterocycles.